The van der Waals surface area contributed by atoms with Crippen LogP contribution in [0.2, 0.25) is 0 Å². The largest absolute Gasteiger partial charge is 0.351 e. The number of halogens is 1. The lowest BCUT2D eigenvalue weighted by atomic mass is 9.81. The smallest absolute Gasteiger partial charge is 0.257 e. The van der Waals surface area contributed by atoms with Crippen molar-refractivity contribution < 1.29 is 9.18 Å². The van der Waals surface area contributed by atoms with Crippen LogP contribution in [0.5, 0.6) is 0 Å². The molecule has 0 heterocycles. The Morgan fingerprint density at radius 1 is 1.55 bits per heavy atom. The third-order valence-electron chi connectivity index (χ3n) is 1.97. The molecule has 1 fully saturated rings. The van der Waals surface area contributed by atoms with Crippen molar-refractivity contribution in [3.05, 3.63) is 0 Å². The lowest BCUT2D eigenvalue weighted by molar-refractivity contribution is -0.138. The van der Waals surface area contributed by atoms with E-state index in [9.17, 15) is 9.18 Å². The average Bonchev–Trinajstić information content (AvgIpc) is 1.81. The fraction of sp³-hybridized carbons (Fsp3) is 0.875. The number of carbonyl (C=O) groups excluding carboxylic acids is 1. The first-order chi connectivity index (χ1) is 5.04. The second-order valence-electron chi connectivity index (χ2n) is 3.45. The van der Waals surface area contributed by atoms with Crippen LogP contribution in [0.25, 0.3) is 0 Å². The molecule has 0 aromatic rings. The molecule has 0 aromatic carbocycles. The molecule has 1 saturated carbocycles. The molecule has 1 rings (SSSR count). The van der Waals surface area contributed by atoms with Crippen LogP contribution in [0.1, 0.15) is 33.1 Å². The number of hydrogen-bond acceptors (Lipinski definition) is 1. The van der Waals surface area contributed by atoms with Gasteiger partial charge in [-0.25, -0.2) is 4.39 Å². The lowest BCUT2D eigenvalue weighted by Crippen LogP contribution is -2.50. The van der Waals surface area contributed by atoms with Crippen molar-refractivity contribution in [2.24, 2.45) is 0 Å². The Balaban J connectivity index is 2.40. The van der Waals surface area contributed by atoms with E-state index in [1.54, 1.807) is 0 Å². The van der Waals surface area contributed by atoms with Gasteiger partial charge in [0, 0.05) is 6.04 Å². The van der Waals surface area contributed by atoms with Gasteiger partial charge >= 0.3 is 0 Å². The highest BCUT2D eigenvalue weighted by molar-refractivity contribution is 5.86. The summed E-state index contributed by atoms with van der Waals surface area (Å²) in [5.41, 5.74) is -1.54. The highest BCUT2D eigenvalue weighted by Crippen LogP contribution is 2.35. The first kappa shape index (κ1) is 8.50. The summed E-state index contributed by atoms with van der Waals surface area (Å²) >= 11 is 0. The number of carbonyl (C=O) groups is 1. The van der Waals surface area contributed by atoms with Crippen molar-refractivity contribution in [2.45, 2.75) is 44.8 Å². The quantitative estimate of drug-likeness (QED) is 0.648. The van der Waals surface area contributed by atoms with E-state index >= 15 is 0 Å². The van der Waals surface area contributed by atoms with Gasteiger partial charge < -0.3 is 5.32 Å². The molecule has 0 unspecified atom stereocenters. The summed E-state index contributed by atoms with van der Waals surface area (Å²) in [6.45, 7) is 3.67. The van der Waals surface area contributed by atoms with Gasteiger partial charge in [0.25, 0.3) is 5.91 Å². The van der Waals surface area contributed by atoms with Gasteiger partial charge in [-0.15, -0.1) is 0 Å². The molecule has 1 N–H and O–H groups in total. The maximum atomic E-state index is 13.2. The van der Waals surface area contributed by atoms with E-state index in [2.05, 4.69) is 5.32 Å². The fourth-order valence-electron chi connectivity index (χ4n) is 1.11. The summed E-state index contributed by atoms with van der Waals surface area (Å²) in [5.74, 6) is -0.432. The van der Waals surface area contributed by atoms with Gasteiger partial charge in [-0.2, -0.15) is 0 Å². The monoisotopic (exact) mass is 159 g/mol. The molecule has 0 atom stereocenters. The summed E-state index contributed by atoms with van der Waals surface area (Å²) in [4.78, 5) is 11.1. The van der Waals surface area contributed by atoms with Crippen LogP contribution in [0.3, 0.4) is 0 Å². The van der Waals surface area contributed by atoms with Crippen LogP contribution in [0.15, 0.2) is 0 Å². The SMILES string of the molecule is CC(C)NC(=O)C1(F)CCC1. The van der Waals surface area contributed by atoms with Gasteiger partial charge in [-0.05, 0) is 33.1 Å². The molecule has 1 amide bonds. The minimum Gasteiger partial charge on any atom is -0.351 e. The highest BCUT2D eigenvalue weighted by Gasteiger charge is 2.44. The van der Waals surface area contributed by atoms with Gasteiger partial charge in [-0.1, -0.05) is 0 Å². The number of hydrogen-bond donors (Lipinski definition) is 1. The van der Waals surface area contributed by atoms with Gasteiger partial charge in [0.15, 0.2) is 5.67 Å². The Kier molecular flexibility index (Phi) is 2.16. The zero-order valence-electron chi connectivity index (χ0n) is 6.98. The van der Waals surface area contributed by atoms with Crippen molar-refractivity contribution >= 4 is 5.91 Å². The lowest BCUT2D eigenvalue weighted by Gasteiger charge is -2.32. The molecule has 11 heavy (non-hydrogen) atoms. The van der Waals surface area contributed by atoms with E-state index in [4.69, 9.17) is 0 Å². The molecule has 1 aliphatic rings. The van der Waals surface area contributed by atoms with Gasteiger partial charge in [-0.3, -0.25) is 4.79 Å². The van der Waals surface area contributed by atoms with E-state index in [0.717, 1.165) is 6.42 Å². The third-order valence-corrected chi connectivity index (χ3v) is 1.97. The van der Waals surface area contributed by atoms with Crippen LogP contribution >= 0.6 is 0 Å². The van der Waals surface area contributed by atoms with Crippen molar-refractivity contribution in [3.8, 4) is 0 Å². The van der Waals surface area contributed by atoms with E-state index in [1.165, 1.54) is 0 Å². The molecule has 0 spiro atoms. The van der Waals surface area contributed by atoms with Gasteiger partial charge in [0.05, 0.1) is 0 Å². The van der Waals surface area contributed by atoms with Crippen LogP contribution < -0.4 is 5.32 Å². The van der Waals surface area contributed by atoms with E-state index < -0.39 is 11.6 Å². The number of nitrogens with one attached hydrogen (secondary N) is 1. The topological polar surface area (TPSA) is 29.1 Å². The highest BCUT2D eigenvalue weighted by atomic mass is 19.1. The number of amides is 1. The van der Waals surface area contributed by atoms with E-state index in [0.29, 0.717) is 12.8 Å². The third kappa shape index (κ3) is 1.70. The van der Waals surface area contributed by atoms with Crippen molar-refractivity contribution in [2.75, 3.05) is 0 Å². The van der Waals surface area contributed by atoms with Gasteiger partial charge in [0.1, 0.15) is 0 Å². The predicted octanol–water partition coefficient (Wildman–Crippen LogP) is 1.40. The van der Waals surface area contributed by atoms with Crippen LogP contribution in [-0.2, 0) is 4.79 Å². The molecule has 0 radical (unpaired) electrons. The Labute approximate surface area is 66.2 Å². The summed E-state index contributed by atoms with van der Waals surface area (Å²) in [5, 5.41) is 2.57. The maximum Gasteiger partial charge on any atom is 0.257 e. The van der Waals surface area contributed by atoms with Gasteiger partial charge in [0.2, 0.25) is 0 Å². The Hall–Kier alpha value is -0.600. The summed E-state index contributed by atoms with van der Waals surface area (Å²) in [7, 11) is 0. The zero-order chi connectivity index (χ0) is 8.48. The molecule has 3 heteroatoms. The Morgan fingerprint density at radius 2 is 2.09 bits per heavy atom. The van der Waals surface area contributed by atoms with Crippen LogP contribution in [0.4, 0.5) is 4.39 Å². The molecular weight excluding hydrogens is 145 g/mol. The van der Waals surface area contributed by atoms with E-state index in [1.807, 2.05) is 13.8 Å². The molecule has 64 valence electrons. The first-order valence-electron chi connectivity index (χ1n) is 4.04. The molecule has 1 aliphatic carbocycles. The molecule has 0 bridgehead atoms. The molecule has 0 aromatic heterocycles. The summed E-state index contributed by atoms with van der Waals surface area (Å²) in [6.07, 6.45) is 1.62. The van der Waals surface area contributed by atoms with Crippen molar-refractivity contribution in [1.82, 2.24) is 5.32 Å². The van der Waals surface area contributed by atoms with Crippen LogP contribution in [-0.4, -0.2) is 17.6 Å². The number of rotatable bonds is 2. The van der Waals surface area contributed by atoms with Crippen LogP contribution in [0, 0.1) is 0 Å². The molecule has 0 saturated heterocycles. The number of alkyl halides is 1. The second-order valence-corrected chi connectivity index (χ2v) is 3.45. The summed E-state index contributed by atoms with van der Waals surface area (Å²) < 4.78 is 13.2. The normalized spacial score (nSPS) is 21.1. The first-order valence-corrected chi connectivity index (χ1v) is 4.04. The maximum absolute atomic E-state index is 13.2. The average molecular weight is 159 g/mol. The summed E-state index contributed by atoms with van der Waals surface area (Å²) in [6, 6.07) is 0.0377. The molecular formula is C8H14FNO. The predicted molar refractivity (Wildman–Crippen MR) is 41.0 cm³/mol. The molecule has 0 aliphatic heterocycles. The minimum absolute atomic E-state index is 0.0377. The Morgan fingerprint density at radius 3 is 2.36 bits per heavy atom. The zero-order valence-corrected chi connectivity index (χ0v) is 6.98. The second kappa shape index (κ2) is 2.80. The standard InChI is InChI=1S/C8H14FNO/c1-6(2)10-7(11)8(9)4-3-5-8/h6H,3-5H2,1-2H3,(H,10,11). The van der Waals surface area contributed by atoms with Crippen molar-refractivity contribution in [1.29, 1.82) is 0 Å². The minimum atomic E-state index is -1.54. The molecule has 2 nitrogen and oxygen atoms in total. The Bertz CT molecular complexity index is 163. The fourth-order valence-corrected chi connectivity index (χ4v) is 1.11. The van der Waals surface area contributed by atoms with E-state index in [-0.39, 0.29) is 6.04 Å². The van der Waals surface area contributed by atoms with Crippen molar-refractivity contribution in [3.63, 3.8) is 0 Å².